The van der Waals surface area contributed by atoms with Crippen LogP contribution < -0.4 is 11.1 Å². The van der Waals surface area contributed by atoms with Gasteiger partial charge in [-0.2, -0.15) is 0 Å². The van der Waals surface area contributed by atoms with E-state index < -0.39 is 0 Å². The smallest absolute Gasteiger partial charge is 0.188 e. The van der Waals surface area contributed by atoms with Crippen molar-refractivity contribution in [2.75, 3.05) is 13.1 Å². The lowest BCUT2D eigenvalue weighted by Crippen LogP contribution is -2.33. The minimum Gasteiger partial charge on any atom is -0.370 e. The molecule has 118 valence electrons. The molecule has 5 heteroatoms. The van der Waals surface area contributed by atoms with Crippen molar-refractivity contribution in [3.8, 4) is 0 Å². The largest absolute Gasteiger partial charge is 0.370 e. The van der Waals surface area contributed by atoms with Crippen LogP contribution in [-0.2, 0) is 12.8 Å². The van der Waals surface area contributed by atoms with Gasteiger partial charge in [-0.25, -0.2) is 4.98 Å². The van der Waals surface area contributed by atoms with Gasteiger partial charge >= 0.3 is 0 Å². The summed E-state index contributed by atoms with van der Waals surface area (Å²) in [5, 5.41) is 6.48. The van der Waals surface area contributed by atoms with Crippen molar-refractivity contribution < 1.29 is 0 Å². The number of hydrogen-bond acceptors (Lipinski definition) is 3. The van der Waals surface area contributed by atoms with Crippen LogP contribution >= 0.6 is 11.3 Å². The van der Waals surface area contributed by atoms with E-state index in [-0.39, 0.29) is 0 Å². The zero-order chi connectivity index (χ0) is 15.6. The molecule has 0 atom stereocenters. The summed E-state index contributed by atoms with van der Waals surface area (Å²) in [6.45, 7) is 3.62. The average Bonchev–Trinajstić information content (AvgIpc) is 2.93. The number of unbranched alkanes of at least 4 members (excludes halogenated alkanes) is 1. The van der Waals surface area contributed by atoms with E-state index >= 15 is 0 Å². The molecule has 0 fully saturated rings. The molecule has 0 saturated heterocycles. The molecule has 0 saturated carbocycles. The second kappa shape index (κ2) is 9.20. The van der Waals surface area contributed by atoms with Crippen LogP contribution in [-0.4, -0.2) is 24.0 Å². The minimum absolute atomic E-state index is 0.543. The van der Waals surface area contributed by atoms with Gasteiger partial charge in [0.2, 0.25) is 0 Å². The number of rotatable bonds is 8. The lowest BCUT2D eigenvalue weighted by molar-refractivity contribution is 0.735. The third-order valence-electron chi connectivity index (χ3n) is 3.31. The van der Waals surface area contributed by atoms with E-state index in [9.17, 15) is 0 Å². The Labute approximate surface area is 136 Å². The highest BCUT2D eigenvalue weighted by molar-refractivity contribution is 7.09. The molecule has 0 unspecified atom stereocenters. The van der Waals surface area contributed by atoms with Crippen molar-refractivity contribution in [2.24, 2.45) is 10.7 Å². The molecular weight excluding hydrogens is 292 g/mol. The van der Waals surface area contributed by atoms with Crippen LogP contribution in [0.3, 0.4) is 0 Å². The first-order valence-corrected chi connectivity index (χ1v) is 8.61. The van der Waals surface area contributed by atoms with E-state index in [0.717, 1.165) is 44.5 Å². The first-order valence-electron chi connectivity index (χ1n) is 7.73. The number of hydrogen-bond donors (Lipinski definition) is 2. The normalized spacial score (nSPS) is 11.6. The molecule has 1 aromatic heterocycles. The van der Waals surface area contributed by atoms with Gasteiger partial charge in [-0.3, -0.25) is 4.99 Å². The number of aryl methyl sites for hydroxylation is 2. The maximum Gasteiger partial charge on any atom is 0.188 e. The summed E-state index contributed by atoms with van der Waals surface area (Å²) in [6, 6.07) is 10.4. The fourth-order valence-electron chi connectivity index (χ4n) is 2.14. The predicted octanol–water partition coefficient (Wildman–Crippen LogP) is 2.92. The van der Waals surface area contributed by atoms with Crippen LogP contribution in [0.25, 0.3) is 0 Å². The number of aromatic nitrogens is 1. The molecule has 0 spiro atoms. The maximum absolute atomic E-state index is 5.86. The zero-order valence-corrected chi connectivity index (χ0v) is 13.9. The molecular formula is C17H24N4S. The van der Waals surface area contributed by atoms with Crippen LogP contribution in [0, 0.1) is 6.92 Å². The Kier molecular flexibility index (Phi) is 6.90. The van der Waals surface area contributed by atoms with Gasteiger partial charge in [0.25, 0.3) is 0 Å². The van der Waals surface area contributed by atoms with Gasteiger partial charge in [-0.05, 0) is 38.2 Å². The van der Waals surface area contributed by atoms with E-state index in [4.69, 9.17) is 5.73 Å². The van der Waals surface area contributed by atoms with E-state index in [0.29, 0.717) is 5.96 Å². The number of thiazole rings is 1. The fraction of sp³-hybridized carbons (Fsp3) is 0.412. The Morgan fingerprint density at radius 1 is 1.23 bits per heavy atom. The number of aliphatic imine (C=N–C) groups is 1. The predicted molar refractivity (Wildman–Crippen MR) is 94.4 cm³/mol. The summed E-state index contributed by atoms with van der Waals surface area (Å²) in [5.41, 5.74) is 8.29. The lowest BCUT2D eigenvalue weighted by atomic mass is 10.1. The van der Waals surface area contributed by atoms with Gasteiger partial charge in [0, 0.05) is 24.2 Å². The molecule has 0 amide bonds. The van der Waals surface area contributed by atoms with E-state index in [1.807, 2.05) is 13.0 Å². The van der Waals surface area contributed by atoms with Gasteiger partial charge < -0.3 is 11.1 Å². The number of nitrogens with zero attached hydrogens (tertiary/aromatic N) is 2. The van der Waals surface area contributed by atoms with Gasteiger partial charge in [-0.1, -0.05) is 30.3 Å². The third-order valence-corrected chi connectivity index (χ3v) is 4.34. The molecule has 2 aromatic rings. The van der Waals surface area contributed by atoms with E-state index in [1.165, 1.54) is 10.6 Å². The summed E-state index contributed by atoms with van der Waals surface area (Å²) in [7, 11) is 0. The first kappa shape index (κ1) is 16.5. The molecule has 0 aliphatic heterocycles. The fourth-order valence-corrected chi connectivity index (χ4v) is 2.96. The van der Waals surface area contributed by atoms with Gasteiger partial charge in [0.05, 0.1) is 5.01 Å². The van der Waals surface area contributed by atoms with Gasteiger partial charge in [0.1, 0.15) is 0 Å². The second-order valence-electron chi connectivity index (χ2n) is 5.27. The van der Waals surface area contributed by atoms with Crippen molar-refractivity contribution in [2.45, 2.75) is 32.6 Å². The minimum atomic E-state index is 0.543. The third kappa shape index (κ3) is 6.26. The van der Waals surface area contributed by atoms with Crippen molar-refractivity contribution in [3.05, 3.63) is 52.0 Å². The Morgan fingerprint density at radius 2 is 2.05 bits per heavy atom. The summed E-state index contributed by atoms with van der Waals surface area (Å²) in [5.74, 6) is 0.543. The molecule has 1 aromatic carbocycles. The van der Waals surface area contributed by atoms with Crippen molar-refractivity contribution in [1.82, 2.24) is 10.3 Å². The summed E-state index contributed by atoms with van der Waals surface area (Å²) in [4.78, 5) is 8.82. The molecule has 4 nitrogen and oxygen atoms in total. The maximum atomic E-state index is 5.86. The molecule has 0 aliphatic rings. The van der Waals surface area contributed by atoms with Crippen LogP contribution in [0.5, 0.6) is 0 Å². The molecule has 0 bridgehead atoms. The second-order valence-corrected chi connectivity index (χ2v) is 6.21. The van der Waals surface area contributed by atoms with Crippen molar-refractivity contribution in [3.63, 3.8) is 0 Å². The average molecular weight is 316 g/mol. The molecule has 2 rings (SSSR count). The number of nitrogens with two attached hydrogens (primary N) is 1. The Balaban J connectivity index is 1.55. The van der Waals surface area contributed by atoms with Crippen LogP contribution in [0.4, 0.5) is 0 Å². The first-order chi connectivity index (χ1) is 10.7. The standard InChI is InChI=1S/C17H24N4S/c1-14-13-22-16(21-14)9-5-6-11-19-17(18)20-12-10-15-7-3-2-4-8-15/h2-4,7-8,13H,5-6,9-12H2,1H3,(H3,18,19,20). The van der Waals surface area contributed by atoms with Gasteiger partial charge in [0.15, 0.2) is 5.96 Å². The monoisotopic (exact) mass is 316 g/mol. The summed E-state index contributed by atoms with van der Waals surface area (Å²) < 4.78 is 0. The van der Waals surface area contributed by atoms with Crippen molar-refractivity contribution in [1.29, 1.82) is 0 Å². The highest BCUT2D eigenvalue weighted by Crippen LogP contribution is 2.11. The summed E-state index contributed by atoms with van der Waals surface area (Å²) in [6.07, 6.45) is 4.14. The SMILES string of the molecule is Cc1csc(CCCCN=C(N)NCCc2ccccc2)n1. The van der Waals surface area contributed by atoms with Crippen molar-refractivity contribution >= 4 is 17.3 Å². The highest BCUT2D eigenvalue weighted by Gasteiger charge is 1.98. The molecule has 1 heterocycles. The Bertz CT molecular complexity index is 577. The molecule has 22 heavy (non-hydrogen) atoms. The summed E-state index contributed by atoms with van der Waals surface area (Å²) >= 11 is 1.74. The molecule has 0 radical (unpaired) electrons. The van der Waals surface area contributed by atoms with E-state index in [2.05, 4.69) is 44.9 Å². The van der Waals surface area contributed by atoms with Crippen LogP contribution in [0.1, 0.15) is 29.1 Å². The van der Waals surface area contributed by atoms with Gasteiger partial charge in [-0.15, -0.1) is 11.3 Å². The lowest BCUT2D eigenvalue weighted by Gasteiger charge is -2.05. The quantitative estimate of drug-likeness (QED) is 0.447. The molecule has 0 aliphatic carbocycles. The Morgan fingerprint density at radius 3 is 2.77 bits per heavy atom. The number of nitrogens with one attached hydrogen (secondary N) is 1. The van der Waals surface area contributed by atoms with Crippen LogP contribution in [0.2, 0.25) is 0 Å². The Hall–Kier alpha value is -1.88. The van der Waals surface area contributed by atoms with E-state index in [1.54, 1.807) is 11.3 Å². The van der Waals surface area contributed by atoms with Crippen LogP contribution in [0.15, 0.2) is 40.7 Å². The number of guanidine groups is 1. The zero-order valence-electron chi connectivity index (χ0n) is 13.1. The number of benzene rings is 1. The topological polar surface area (TPSA) is 63.3 Å². The highest BCUT2D eigenvalue weighted by atomic mass is 32.1. The molecule has 3 N–H and O–H groups in total.